The molecule has 0 aliphatic rings. The number of hydrogen-bond donors (Lipinski definition) is 1. The molecule has 0 aliphatic carbocycles. The van der Waals surface area contributed by atoms with Gasteiger partial charge in [-0.2, -0.15) is 0 Å². The van der Waals surface area contributed by atoms with Crippen molar-refractivity contribution in [2.24, 2.45) is 0 Å². The number of H-pyrrole nitrogens is 1. The molecule has 0 unspecified atom stereocenters. The van der Waals surface area contributed by atoms with Crippen LogP contribution in [0.3, 0.4) is 0 Å². The Labute approximate surface area is 100 Å². The lowest BCUT2D eigenvalue weighted by Gasteiger charge is -2.09. The van der Waals surface area contributed by atoms with Gasteiger partial charge in [-0.1, -0.05) is 6.07 Å². The highest BCUT2D eigenvalue weighted by Gasteiger charge is 2.09. The zero-order valence-corrected chi connectivity index (χ0v) is 10.1. The Bertz CT molecular complexity index is 667. The second kappa shape index (κ2) is 3.86. The number of aromatic amines is 1. The van der Waals surface area contributed by atoms with Gasteiger partial charge < -0.3 is 9.88 Å². The van der Waals surface area contributed by atoms with E-state index >= 15 is 0 Å². The van der Waals surface area contributed by atoms with Gasteiger partial charge in [-0.05, 0) is 37.9 Å². The lowest BCUT2D eigenvalue weighted by Crippen LogP contribution is -2.10. The Morgan fingerprint density at radius 1 is 1.24 bits per heavy atom. The van der Waals surface area contributed by atoms with Gasteiger partial charge in [-0.15, -0.1) is 0 Å². The number of nitrogens with one attached hydrogen (secondary N) is 1. The number of nitrogens with zero attached hydrogens (tertiary/aromatic N) is 2. The molecule has 86 valence electrons. The van der Waals surface area contributed by atoms with Crippen LogP contribution in [0, 0.1) is 0 Å². The zero-order valence-electron chi connectivity index (χ0n) is 10.1. The molecule has 0 atom stereocenters. The topological polar surface area (TPSA) is 31.9 Å². The molecule has 1 N–H and O–H groups in total. The van der Waals surface area contributed by atoms with Crippen LogP contribution in [0.4, 0.5) is 0 Å². The van der Waals surface area contributed by atoms with Crippen LogP contribution >= 0.6 is 0 Å². The maximum Gasteiger partial charge on any atom is 0.0713 e. The predicted molar refractivity (Wildman–Crippen MR) is 71.0 cm³/mol. The minimum atomic E-state index is 0.921. The molecule has 0 spiro atoms. The number of fused-ring (bicyclic) bond motifs is 3. The summed E-state index contributed by atoms with van der Waals surface area (Å²) in [7, 11) is 4.16. The minimum Gasteiger partial charge on any atom is -0.361 e. The average Bonchev–Trinajstić information content (AvgIpc) is 2.72. The van der Waals surface area contributed by atoms with Crippen molar-refractivity contribution < 1.29 is 0 Å². The summed E-state index contributed by atoms with van der Waals surface area (Å²) in [6, 6.07) is 8.35. The van der Waals surface area contributed by atoms with E-state index in [-0.39, 0.29) is 0 Å². The molecule has 0 radical (unpaired) electrons. The largest absolute Gasteiger partial charge is 0.361 e. The summed E-state index contributed by atoms with van der Waals surface area (Å²) in [6.45, 7) is 0.921. The molecule has 0 saturated heterocycles. The third-order valence-corrected chi connectivity index (χ3v) is 2.99. The molecule has 2 aromatic heterocycles. The van der Waals surface area contributed by atoms with Crippen molar-refractivity contribution in [3.63, 3.8) is 0 Å². The summed E-state index contributed by atoms with van der Waals surface area (Å²) in [6.07, 6.45) is 3.94. The smallest absolute Gasteiger partial charge is 0.0713 e. The number of rotatable bonds is 2. The predicted octanol–water partition coefficient (Wildman–Crippen LogP) is 2.78. The van der Waals surface area contributed by atoms with Crippen molar-refractivity contribution in [1.29, 1.82) is 0 Å². The Morgan fingerprint density at radius 2 is 2.12 bits per heavy atom. The van der Waals surface area contributed by atoms with Gasteiger partial charge in [0.1, 0.15) is 0 Å². The summed E-state index contributed by atoms with van der Waals surface area (Å²) < 4.78 is 0. The molecule has 3 aromatic rings. The van der Waals surface area contributed by atoms with Gasteiger partial charge in [0, 0.05) is 35.2 Å². The molecule has 0 amide bonds. The fraction of sp³-hybridized carbons (Fsp3) is 0.214. The third-order valence-electron chi connectivity index (χ3n) is 2.99. The average molecular weight is 225 g/mol. The van der Waals surface area contributed by atoms with E-state index in [1.165, 1.54) is 16.3 Å². The molecule has 0 bridgehead atoms. The zero-order chi connectivity index (χ0) is 11.8. The van der Waals surface area contributed by atoms with Crippen molar-refractivity contribution in [2.45, 2.75) is 6.54 Å². The van der Waals surface area contributed by atoms with E-state index in [4.69, 9.17) is 0 Å². The molecular weight excluding hydrogens is 210 g/mol. The van der Waals surface area contributed by atoms with E-state index in [1.807, 2.05) is 18.5 Å². The van der Waals surface area contributed by atoms with E-state index in [9.17, 15) is 0 Å². The molecule has 0 aliphatic heterocycles. The van der Waals surface area contributed by atoms with E-state index in [1.54, 1.807) is 0 Å². The number of aromatic nitrogens is 2. The quantitative estimate of drug-likeness (QED) is 0.727. The highest BCUT2D eigenvalue weighted by molar-refractivity contribution is 6.06. The maximum absolute atomic E-state index is 4.48. The van der Waals surface area contributed by atoms with Crippen LogP contribution in [0.1, 0.15) is 5.56 Å². The molecule has 3 rings (SSSR count). The van der Waals surface area contributed by atoms with Crippen molar-refractivity contribution in [3.8, 4) is 0 Å². The first kappa shape index (κ1) is 10.3. The minimum absolute atomic E-state index is 0.921. The summed E-state index contributed by atoms with van der Waals surface area (Å²) in [5, 5.41) is 2.52. The summed E-state index contributed by atoms with van der Waals surface area (Å²) in [5.74, 6) is 0. The monoisotopic (exact) mass is 225 g/mol. The van der Waals surface area contributed by atoms with Crippen LogP contribution in [-0.4, -0.2) is 29.0 Å². The van der Waals surface area contributed by atoms with E-state index in [0.717, 1.165) is 17.6 Å². The molecule has 1 aromatic carbocycles. The Hall–Kier alpha value is -1.87. The lowest BCUT2D eigenvalue weighted by atomic mass is 10.1. The van der Waals surface area contributed by atoms with Gasteiger partial charge in [0.15, 0.2) is 0 Å². The van der Waals surface area contributed by atoms with Crippen LogP contribution < -0.4 is 0 Å². The summed E-state index contributed by atoms with van der Waals surface area (Å²) in [4.78, 5) is 9.92. The van der Waals surface area contributed by atoms with E-state index < -0.39 is 0 Å². The second-order valence-electron chi connectivity index (χ2n) is 4.61. The lowest BCUT2D eigenvalue weighted by molar-refractivity contribution is 0.404. The standard InChI is InChI=1S/C14H15N3/c1-17(2)9-10-8-16-13-6-5-12-11(14(10)13)4-3-7-15-12/h3-8,15H,9H2,1-2H3. The van der Waals surface area contributed by atoms with Gasteiger partial charge in [0.2, 0.25) is 0 Å². The Kier molecular flexibility index (Phi) is 2.34. The van der Waals surface area contributed by atoms with Crippen LogP contribution in [0.2, 0.25) is 0 Å². The van der Waals surface area contributed by atoms with Crippen molar-refractivity contribution in [2.75, 3.05) is 14.1 Å². The molecule has 3 heteroatoms. The second-order valence-corrected chi connectivity index (χ2v) is 4.61. The Balaban J connectivity index is 2.34. The van der Waals surface area contributed by atoms with E-state index in [0.29, 0.717) is 0 Å². The molecular formula is C14H15N3. The summed E-state index contributed by atoms with van der Waals surface area (Å²) in [5.41, 5.74) is 3.53. The van der Waals surface area contributed by atoms with Crippen LogP contribution in [0.25, 0.3) is 21.8 Å². The van der Waals surface area contributed by atoms with Gasteiger partial charge in [-0.25, -0.2) is 0 Å². The SMILES string of the molecule is CN(C)Cc1cnc2ccc3[nH]cccc3c12. The number of benzene rings is 1. The van der Waals surface area contributed by atoms with Crippen molar-refractivity contribution in [1.82, 2.24) is 14.9 Å². The first-order valence-corrected chi connectivity index (χ1v) is 5.74. The van der Waals surface area contributed by atoms with Crippen LogP contribution in [0.15, 0.2) is 36.7 Å². The normalized spacial score (nSPS) is 11.7. The Morgan fingerprint density at radius 3 is 2.94 bits per heavy atom. The van der Waals surface area contributed by atoms with Gasteiger partial charge >= 0.3 is 0 Å². The highest BCUT2D eigenvalue weighted by Crippen LogP contribution is 2.27. The van der Waals surface area contributed by atoms with Gasteiger partial charge in [0.05, 0.1) is 5.52 Å². The van der Waals surface area contributed by atoms with Crippen molar-refractivity contribution in [3.05, 3.63) is 42.2 Å². The molecule has 17 heavy (non-hydrogen) atoms. The third kappa shape index (κ3) is 1.68. The first-order valence-electron chi connectivity index (χ1n) is 5.74. The molecule has 3 nitrogen and oxygen atoms in total. The van der Waals surface area contributed by atoms with Gasteiger partial charge in [-0.3, -0.25) is 4.98 Å². The summed E-state index contributed by atoms with van der Waals surface area (Å²) >= 11 is 0. The van der Waals surface area contributed by atoms with Gasteiger partial charge in [0.25, 0.3) is 0 Å². The van der Waals surface area contributed by atoms with Crippen LogP contribution in [-0.2, 0) is 6.54 Å². The number of pyridine rings is 1. The fourth-order valence-corrected chi connectivity index (χ4v) is 2.31. The molecule has 0 saturated carbocycles. The first-order chi connectivity index (χ1) is 8.25. The molecule has 2 heterocycles. The van der Waals surface area contributed by atoms with Crippen molar-refractivity contribution >= 4 is 21.8 Å². The highest BCUT2D eigenvalue weighted by atomic mass is 15.0. The molecule has 0 fully saturated rings. The fourth-order valence-electron chi connectivity index (χ4n) is 2.31. The van der Waals surface area contributed by atoms with E-state index in [2.05, 4.69) is 47.2 Å². The number of hydrogen-bond acceptors (Lipinski definition) is 2. The maximum atomic E-state index is 4.48. The van der Waals surface area contributed by atoms with Crippen LogP contribution in [0.5, 0.6) is 0 Å².